The van der Waals surface area contributed by atoms with Gasteiger partial charge in [0.2, 0.25) is 0 Å². The number of alkyl halides is 1. The number of aldehydes is 1. The van der Waals surface area contributed by atoms with Crippen molar-refractivity contribution in [1.29, 1.82) is 0 Å². The van der Waals surface area contributed by atoms with E-state index in [-0.39, 0.29) is 22.6 Å². The third-order valence-corrected chi connectivity index (χ3v) is 30.0. The summed E-state index contributed by atoms with van der Waals surface area (Å²) in [6.45, 7) is 1.66. The van der Waals surface area contributed by atoms with Crippen LogP contribution >= 0.6 is 22.6 Å². The molecule has 0 spiro atoms. The van der Waals surface area contributed by atoms with Gasteiger partial charge in [0.05, 0.1) is 3.42 Å². The number of carbonyl (C=O) groups is 3. The molecular weight excluding hydrogens is 1170 g/mol. The summed E-state index contributed by atoms with van der Waals surface area (Å²) in [6, 6.07) is 2.64. The Morgan fingerprint density at radius 1 is 0.395 bits per heavy atom. The lowest BCUT2D eigenvalue weighted by molar-refractivity contribution is 0.0769. The summed E-state index contributed by atoms with van der Waals surface area (Å²) in [7, 11) is 0. The van der Waals surface area contributed by atoms with Crippen LogP contribution in [0.1, 0.15) is 83.4 Å². The average molecular weight is 1180 g/mol. The highest BCUT2D eigenvalue weighted by molar-refractivity contribution is 14.1. The van der Waals surface area contributed by atoms with Gasteiger partial charge in [-0.1, -0.05) is 22.6 Å². The fraction of sp³-hybridized carbons (Fsp3) is 0.0506. The quantitative estimate of drug-likeness (QED) is 0.0462. The Bertz CT molecular complexity index is 9180. The second-order valence-corrected chi connectivity index (χ2v) is 31.0. The monoisotopic (exact) mass is 1180 g/mol. The standard InChI is InChI=1S/C79H9IO6/c1-5(82)11-20-17-9(4-81)19-30-36-28(17)40-39-26-16-7-2-6-12-10-3-8-14-13(7)24(26)37-38-25(14)35-29-18(8)73-66-56-41(29)46-42(35)47-45(38)48(43(36)44(37)40)52-50(47)53-49(46)54-51(56)55-57-63-58-60-33(22(12)65(58)74(67(57)66)79(10,73)80)27-15(6)23(16)34(31(20)39)32(27)21(11)68(60)76(84)71(63)72-64(55)70(77(85)78(72)86)62(54)61(53)69(59(30)52)75(19)83/h2-4,74,78,86H,1H3. The molecule has 5 aliphatic rings. The lowest BCUT2D eigenvalue weighted by Gasteiger charge is -2.43. The molecule has 0 fully saturated rings. The van der Waals surface area contributed by atoms with Crippen LogP contribution in [0.15, 0.2) is 15.7 Å². The van der Waals surface area contributed by atoms with Gasteiger partial charge in [-0.05, 0) is 198 Å². The average Bonchev–Trinajstić information content (AvgIpc) is 1.41. The Kier molecular flexibility index (Phi) is 3.44. The molecule has 0 saturated carbocycles. The first-order chi connectivity index (χ1) is 42.2. The Labute approximate surface area is 479 Å². The van der Waals surface area contributed by atoms with E-state index in [0.717, 1.165) is 141 Å². The minimum Gasteiger partial charge on any atom is -0.380 e. The molecule has 0 radical (unpaired) electrons. The largest absolute Gasteiger partial charge is 0.380 e. The van der Waals surface area contributed by atoms with Crippen molar-refractivity contribution in [2.75, 3.05) is 0 Å². The number of aliphatic hydroxyl groups is 1. The Morgan fingerprint density at radius 2 is 0.779 bits per heavy atom. The van der Waals surface area contributed by atoms with Gasteiger partial charge in [-0.3, -0.25) is 24.0 Å². The number of halogens is 1. The van der Waals surface area contributed by atoms with Gasteiger partial charge in [0.15, 0.2) is 28.7 Å². The van der Waals surface area contributed by atoms with Gasteiger partial charge < -0.3 is 5.11 Å². The third-order valence-electron chi connectivity index (χ3n) is 28.2. The van der Waals surface area contributed by atoms with Crippen LogP contribution in [0.25, 0.3) is 324 Å². The van der Waals surface area contributed by atoms with Gasteiger partial charge in [0.25, 0.3) is 0 Å². The first kappa shape index (κ1) is 35.3. The number of allylic oxidation sites excluding steroid dienone is 1. The van der Waals surface area contributed by atoms with Crippen LogP contribution in [0.3, 0.4) is 0 Å². The molecule has 0 aliphatic heterocycles. The molecule has 3 atom stereocenters. The smallest absolute Gasteiger partial charge is 0.197 e. The fourth-order valence-corrected chi connectivity index (χ4v) is 28.9. The predicted octanol–water partition coefficient (Wildman–Crippen LogP) is 18.9. The summed E-state index contributed by atoms with van der Waals surface area (Å²) in [6.07, 6.45) is 1.99. The van der Waals surface area contributed by atoms with Crippen molar-refractivity contribution in [3.63, 3.8) is 0 Å². The van der Waals surface area contributed by atoms with Crippen molar-refractivity contribution in [1.82, 2.24) is 0 Å². The maximum atomic E-state index is 17.8. The van der Waals surface area contributed by atoms with Gasteiger partial charge in [-0.2, -0.15) is 0 Å². The van der Waals surface area contributed by atoms with Crippen LogP contribution < -0.4 is 10.9 Å². The van der Waals surface area contributed by atoms with Gasteiger partial charge in [-0.25, -0.2) is 0 Å². The van der Waals surface area contributed by atoms with E-state index in [4.69, 9.17) is 0 Å². The highest BCUT2D eigenvalue weighted by Crippen LogP contribution is 2.82. The number of ketones is 2. The molecule has 0 heterocycles. The van der Waals surface area contributed by atoms with Crippen LogP contribution in [-0.2, 0) is 3.42 Å². The number of carbonyl (C=O) groups excluding carboxylic acids is 3. The minimum absolute atomic E-state index is 0.169. The molecule has 5 aliphatic carbocycles. The molecule has 0 aromatic heterocycles. The van der Waals surface area contributed by atoms with Crippen molar-refractivity contribution >= 4 is 364 Å². The van der Waals surface area contributed by atoms with Crippen molar-refractivity contribution in [2.24, 2.45) is 0 Å². The molecule has 29 aromatic rings. The topological polar surface area (TPSA) is 106 Å². The Balaban J connectivity index is 1.17. The molecule has 34 rings (SSSR count). The van der Waals surface area contributed by atoms with Crippen molar-refractivity contribution in [2.45, 2.75) is 22.4 Å². The molecule has 0 bridgehead atoms. The second-order valence-electron chi connectivity index (χ2n) is 29.3. The van der Waals surface area contributed by atoms with E-state index in [1.165, 1.54) is 168 Å². The number of hydrogen-bond donors (Lipinski definition) is 1. The van der Waals surface area contributed by atoms with E-state index < -0.39 is 15.3 Å². The number of benzene rings is 21. The number of fused-ring (bicyclic) bond motifs is 11. The molecule has 0 amide bonds. The first-order valence-corrected chi connectivity index (χ1v) is 31.5. The van der Waals surface area contributed by atoms with Crippen molar-refractivity contribution in [3.8, 4) is 0 Å². The van der Waals surface area contributed by atoms with E-state index in [9.17, 15) is 5.11 Å². The van der Waals surface area contributed by atoms with E-state index >= 15 is 24.0 Å². The summed E-state index contributed by atoms with van der Waals surface area (Å²) < 4.78 is -0.608. The lowest BCUT2D eigenvalue weighted by Crippen LogP contribution is -2.31. The molecule has 0 saturated heterocycles. The van der Waals surface area contributed by atoms with Crippen molar-refractivity contribution in [3.05, 3.63) is 76.6 Å². The Morgan fingerprint density at radius 3 is 1.40 bits per heavy atom. The predicted molar refractivity (Wildman–Crippen MR) is 359 cm³/mol. The van der Waals surface area contributed by atoms with Crippen LogP contribution in [0.2, 0.25) is 0 Å². The zero-order valence-electron chi connectivity index (χ0n) is 43.3. The summed E-state index contributed by atoms with van der Waals surface area (Å²) in [5.41, 5.74) is 8.94. The molecule has 7 heteroatoms. The molecule has 6 nitrogen and oxygen atoms in total. The molecule has 29 aromatic carbocycles. The van der Waals surface area contributed by atoms with E-state index in [2.05, 4.69) is 34.7 Å². The van der Waals surface area contributed by atoms with E-state index in [0.29, 0.717) is 65.3 Å². The first-order valence-electron chi connectivity index (χ1n) is 30.4. The van der Waals surface area contributed by atoms with Crippen molar-refractivity contribution < 1.29 is 19.5 Å². The molecule has 86 heavy (non-hydrogen) atoms. The van der Waals surface area contributed by atoms with Crippen LogP contribution in [0.4, 0.5) is 0 Å². The van der Waals surface area contributed by atoms with Crippen LogP contribution in [0, 0.1) is 0 Å². The summed E-state index contributed by atoms with van der Waals surface area (Å²) in [5, 5.41) is 75.0. The van der Waals surface area contributed by atoms with Gasteiger partial charge in [0, 0.05) is 195 Å². The molecule has 368 valence electrons. The number of aliphatic hydroxyl groups excluding tert-OH is 1. The summed E-state index contributed by atoms with van der Waals surface area (Å²) >= 11 is 2.99. The summed E-state index contributed by atoms with van der Waals surface area (Å²) in [4.78, 5) is 83.2. The van der Waals surface area contributed by atoms with E-state index in [1.54, 1.807) is 6.92 Å². The highest BCUT2D eigenvalue weighted by atomic mass is 127. The summed E-state index contributed by atoms with van der Waals surface area (Å²) in [5.74, 6) is -0.807. The minimum atomic E-state index is -1.67. The number of Topliss-reactive ketones (excluding diaryl/α,β-unsaturated/α-hetero) is 2. The van der Waals surface area contributed by atoms with Gasteiger partial charge in [-0.15, -0.1) is 0 Å². The maximum absolute atomic E-state index is 17.8. The highest BCUT2D eigenvalue weighted by Gasteiger charge is 2.62. The zero-order valence-corrected chi connectivity index (χ0v) is 45.4. The van der Waals surface area contributed by atoms with E-state index in [1.807, 2.05) is 0 Å². The number of hydrogen-bond acceptors (Lipinski definition) is 6. The molecular formula is C79H9IO6. The maximum Gasteiger partial charge on any atom is 0.197 e. The van der Waals surface area contributed by atoms with Gasteiger partial charge in [0.1, 0.15) is 6.10 Å². The molecule has 1 N–H and O–H groups in total. The van der Waals surface area contributed by atoms with Gasteiger partial charge >= 0.3 is 0 Å². The third kappa shape index (κ3) is 2.09. The Hall–Kier alpha value is -10.1. The normalized spacial score (nSPS) is 20.8. The van der Waals surface area contributed by atoms with Crippen LogP contribution in [-0.4, -0.2) is 23.0 Å². The number of rotatable bonds is 2. The lowest BCUT2D eigenvalue weighted by atomic mass is 9.65. The molecule has 3 unspecified atom stereocenters. The van der Waals surface area contributed by atoms with Crippen LogP contribution in [0.5, 0.6) is 0 Å². The fourth-order valence-electron chi connectivity index (χ4n) is 27.3. The SMILES string of the molecule is CC(=O)c1c2c3c(=O)c4c5c6c(c7c8c9c(=O)c%10c(C=O)c%11c1c1c%12c2c2c%13c%14cc%15c%16c%17c%18c%19c%20c%21c%22c(c4c4c%23c(c%14C(=C%18)C%20(I)C%22%23)c2c43)c6c2c%21c3c%19c4c%17c6c%14c%16c(c%15c%13%12)c1c1c%11c%11c%10c9c9c%10c8c(c72)c3c4c%10c6c9c%11c1%14)C(=O)C5O. The second kappa shape index (κ2) is 8.39. The zero-order chi connectivity index (χ0) is 53.3.